The zero-order valence-electron chi connectivity index (χ0n) is 12.6. The molecule has 0 saturated carbocycles. The van der Waals surface area contributed by atoms with E-state index in [1.54, 1.807) is 7.11 Å². The van der Waals surface area contributed by atoms with Crippen LogP contribution in [0.3, 0.4) is 0 Å². The molecule has 0 aromatic heterocycles. The standard InChI is InChI=1S/C16H26N2O/c1-16(2,18-11-5-6-12-18)15(17-3)13-7-9-14(19-4)10-8-13/h7-10,15,17H,5-6,11-12H2,1-4H3. The number of likely N-dealkylation sites (tertiary alicyclic amines) is 1. The molecule has 106 valence electrons. The van der Waals surface area contributed by atoms with Crippen molar-refractivity contribution in [2.45, 2.75) is 38.3 Å². The molecule has 0 radical (unpaired) electrons. The Bertz CT molecular complexity index is 394. The topological polar surface area (TPSA) is 24.5 Å². The second-order valence-electron chi connectivity index (χ2n) is 5.84. The van der Waals surface area contributed by atoms with Gasteiger partial charge in [0, 0.05) is 11.6 Å². The summed E-state index contributed by atoms with van der Waals surface area (Å²) in [7, 11) is 3.76. The number of nitrogens with one attached hydrogen (secondary N) is 1. The molecule has 0 spiro atoms. The minimum atomic E-state index is 0.125. The van der Waals surface area contributed by atoms with Crippen molar-refractivity contribution in [1.29, 1.82) is 0 Å². The molecule has 3 heteroatoms. The van der Waals surface area contributed by atoms with Crippen molar-refractivity contribution in [2.75, 3.05) is 27.2 Å². The van der Waals surface area contributed by atoms with E-state index >= 15 is 0 Å². The molecular formula is C16H26N2O. The van der Waals surface area contributed by atoms with Crippen LogP contribution in [0.25, 0.3) is 0 Å². The van der Waals surface area contributed by atoms with E-state index in [2.05, 4.69) is 36.2 Å². The van der Waals surface area contributed by atoms with Crippen LogP contribution in [0.1, 0.15) is 38.3 Å². The maximum Gasteiger partial charge on any atom is 0.118 e. The van der Waals surface area contributed by atoms with Crippen LogP contribution in [-0.2, 0) is 0 Å². The Balaban J connectivity index is 2.21. The van der Waals surface area contributed by atoms with Crippen molar-refractivity contribution in [3.05, 3.63) is 29.8 Å². The Morgan fingerprint density at radius 2 is 1.74 bits per heavy atom. The summed E-state index contributed by atoms with van der Waals surface area (Å²) in [5.74, 6) is 0.914. The van der Waals surface area contributed by atoms with Crippen LogP contribution < -0.4 is 10.1 Å². The van der Waals surface area contributed by atoms with Crippen LogP contribution in [-0.4, -0.2) is 37.7 Å². The molecule has 1 aliphatic heterocycles. The van der Waals surface area contributed by atoms with Gasteiger partial charge in [0.2, 0.25) is 0 Å². The molecule has 1 unspecified atom stereocenters. The van der Waals surface area contributed by atoms with Crippen LogP contribution in [0.15, 0.2) is 24.3 Å². The van der Waals surface area contributed by atoms with Gasteiger partial charge in [-0.15, -0.1) is 0 Å². The Labute approximate surface area is 116 Å². The molecule has 3 nitrogen and oxygen atoms in total. The fraction of sp³-hybridized carbons (Fsp3) is 0.625. The van der Waals surface area contributed by atoms with Gasteiger partial charge in [0.25, 0.3) is 0 Å². The Hall–Kier alpha value is -1.06. The first-order chi connectivity index (χ1) is 9.09. The van der Waals surface area contributed by atoms with E-state index in [4.69, 9.17) is 4.74 Å². The predicted octanol–water partition coefficient (Wildman–Crippen LogP) is 2.83. The smallest absolute Gasteiger partial charge is 0.118 e. The normalized spacial score (nSPS) is 18.5. The number of nitrogens with zero attached hydrogens (tertiary/aromatic N) is 1. The summed E-state index contributed by atoms with van der Waals surface area (Å²) in [6, 6.07) is 8.74. The van der Waals surface area contributed by atoms with Gasteiger partial charge in [-0.25, -0.2) is 0 Å². The Kier molecular flexibility index (Phi) is 4.48. The lowest BCUT2D eigenvalue weighted by atomic mass is 9.87. The zero-order valence-corrected chi connectivity index (χ0v) is 12.6. The number of ether oxygens (including phenoxy) is 1. The minimum Gasteiger partial charge on any atom is -0.497 e. The molecule has 19 heavy (non-hydrogen) atoms. The summed E-state index contributed by atoms with van der Waals surface area (Å²) in [6.45, 7) is 7.09. The van der Waals surface area contributed by atoms with Gasteiger partial charge in [-0.05, 0) is 64.5 Å². The van der Waals surface area contributed by atoms with Crippen LogP contribution in [0.5, 0.6) is 5.75 Å². The van der Waals surface area contributed by atoms with E-state index in [1.807, 2.05) is 19.2 Å². The fourth-order valence-electron chi connectivity index (χ4n) is 3.20. The third-order valence-electron chi connectivity index (χ3n) is 4.37. The van der Waals surface area contributed by atoms with Crippen molar-refractivity contribution in [3.63, 3.8) is 0 Å². The quantitative estimate of drug-likeness (QED) is 0.883. The number of hydrogen-bond acceptors (Lipinski definition) is 3. The molecule has 2 rings (SSSR count). The van der Waals surface area contributed by atoms with E-state index in [9.17, 15) is 0 Å². The number of benzene rings is 1. The maximum absolute atomic E-state index is 5.24. The average molecular weight is 262 g/mol. The van der Waals surface area contributed by atoms with Crippen LogP contribution in [0, 0.1) is 0 Å². The zero-order chi connectivity index (χ0) is 13.9. The number of likely N-dealkylation sites (N-methyl/N-ethyl adjacent to an activating group) is 1. The van der Waals surface area contributed by atoms with Crippen molar-refractivity contribution in [3.8, 4) is 5.75 Å². The molecule has 0 bridgehead atoms. The average Bonchev–Trinajstić information content (AvgIpc) is 2.95. The van der Waals surface area contributed by atoms with E-state index in [1.165, 1.54) is 31.5 Å². The summed E-state index contributed by atoms with van der Waals surface area (Å²) in [5.41, 5.74) is 1.44. The van der Waals surface area contributed by atoms with E-state index < -0.39 is 0 Å². The molecule has 0 amide bonds. The lowest BCUT2D eigenvalue weighted by molar-refractivity contribution is 0.110. The monoisotopic (exact) mass is 262 g/mol. The largest absolute Gasteiger partial charge is 0.497 e. The molecule has 1 heterocycles. The first kappa shape index (κ1) is 14.4. The van der Waals surface area contributed by atoms with E-state index in [0.717, 1.165) is 5.75 Å². The molecule has 1 aromatic carbocycles. The van der Waals surface area contributed by atoms with E-state index in [0.29, 0.717) is 6.04 Å². The van der Waals surface area contributed by atoms with Gasteiger partial charge in [-0.2, -0.15) is 0 Å². The Morgan fingerprint density at radius 1 is 1.16 bits per heavy atom. The lowest BCUT2D eigenvalue weighted by Crippen LogP contribution is -2.50. The maximum atomic E-state index is 5.24. The SMILES string of the molecule is CNC(c1ccc(OC)cc1)C(C)(C)N1CCCC1. The summed E-state index contributed by atoms with van der Waals surface area (Å²) in [5, 5.41) is 3.49. The van der Waals surface area contributed by atoms with Crippen molar-refractivity contribution < 1.29 is 4.74 Å². The molecule has 1 aromatic rings. The third kappa shape index (κ3) is 2.93. The third-order valence-corrected chi connectivity index (χ3v) is 4.37. The summed E-state index contributed by atoms with van der Waals surface area (Å²) < 4.78 is 5.24. The number of methoxy groups -OCH3 is 1. The van der Waals surface area contributed by atoms with Gasteiger partial charge in [-0.3, -0.25) is 4.90 Å². The highest BCUT2D eigenvalue weighted by atomic mass is 16.5. The Morgan fingerprint density at radius 3 is 2.21 bits per heavy atom. The first-order valence-corrected chi connectivity index (χ1v) is 7.16. The summed E-state index contributed by atoms with van der Waals surface area (Å²) >= 11 is 0. The number of hydrogen-bond donors (Lipinski definition) is 1. The predicted molar refractivity (Wildman–Crippen MR) is 79.7 cm³/mol. The highest BCUT2D eigenvalue weighted by molar-refractivity contribution is 5.30. The second kappa shape index (κ2) is 5.93. The lowest BCUT2D eigenvalue weighted by Gasteiger charge is -2.42. The van der Waals surface area contributed by atoms with E-state index in [-0.39, 0.29) is 5.54 Å². The first-order valence-electron chi connectivity index (χ1n) is 7.16. The summed E-state index contributed by atoms with van der Waals surface area (Å²) in [6.07, 6.45) is 2.64. The minimum absolute atomic E-state index is 0.125. The summed E-state index contributed by atoms with van der Waals surface area (Å²) in [4.78, 5) is 2.60. The van der Waals surface area contributed by atoms with Gasteiger partial charge >= 0.3 is 0 Å². The van der Waals surface area contributed by atoms with Crippen molar-refractivity contribution in [1.82, 2.24) is 10.2 Å². The van der Waals surface area contributed by atoms with Gasteiger partial charge < -0.3 is 10.1 Å². The van der Waals surface area contributed by atoms with Crippen molar-refractivity contribution >= 4 is 0 Å². The molecular weight excluding hydrogens is 236 g/mol. The molecule has 1 N–H and O–H groups in total. The van der Waals surface area contributed by atoms with Gasteiger partial charge in [0.15, 0.2) is 0 Å². The second-order valence-corrected chi connectivity index (χ2v) is 5.84. The molecule has 0 aliphatic carbocycles. The van der Waals surface area contributed by atoms with Gasteiger partial charge in [0.1, 0.15) is 5.75 Å². The molecule has 1 fully saturated rings. The van der Waals surface area contributed by atoms with Gasteiger partial charge in [0.05, 0.1) is 7.11 Å². The van der Waals surface area contributed by atoms with Crippen LogP contribution >= 0.6 is 0 Å². The van der Waals surface area contributed by atoms with Crippen LogP contribution in [0.2, 0.25) is 0 Å². The van der Waals surface area contributed by atoms with Crippen LogP contribution in [0.4, 0.5) is 0 Å². The molecule has 1 atom stereocenters. The molecule has 1 saturated heterocycles. The van der Waals surface area contributed by atoms with Gasteiger partial charge in [-0.1, -0.05) is 12.1 Å². The fourth-order valence-corrected chi connectivity index (χ4v) is 3.20. The molecule has 1 aliphatic rings. The highest BCUT2D eigenvalue weighted by Crippen LogP contribution is 2.33. The van der Waals surface area contributed by atoms with Crippen molar-refractivity contribution in [2.24, 2.45) is 0 Å². The number of rotatable bonds is 5. The highest BCUT2D eigenvalue weighted by Gasteiger charge is 2.36.